The van der Waals surface area contributed by atoms with Crippen LogP contribution in [0.25, 0.3) is 0 Å². The van der Waals surface area contributed by atoms with Crippen LogP contribution in [-0.4, -0.2) is 18.5 Å². The van der Waals surface area contributed by atoms with Crippen LogP contribution in [0.3, 0.4) is 0 Å². The van der Waals surface area contributed by atoms with Crippen LogP contribution in [0.1, 0.15) is 40.0 Å². The first kappa shape index (κ1) is 11.5. The molecule has 0 saturated carbocycles. The van der Waals surface area contributed by atoms with Crippen LogP contribution < -0.4 is 0 Å². The van der Waals surface area contributed by atoms with Gasteiger partial charge in [0.15, 0.2) is 0 Å². The van der Waals surface area contributed by atoms with Gasteiger partial charge in [-0.3, -0.25) is 0 Å². The third-order valence-electron chi connectivity index (χ3n) is 2.38. The molecule has 0 N–H and O–H groups in total. The van der Waals surface area contributed by atoms with Gasteiger partial charge in [-0.05, 0) is 19.3 Å². The standard InChI is InChI=1S/C11H23N/c1-6-8-10(3)9-11(4)12(5)7-2/h10H,4,6-9H2,1-3,5H3. The molecule has 0 amide bonds. The highest BCUT2D eigenvalue weighted by molar-refractivity contribution is 4.92. The van der Waals surface area contributed by atoms with Gasteiger partial charge in [-0.2, -0.15) is 0 Å². The monoisotopic (exact) mass is 169 g/mol. The molecule has 0 radical (unpaired) electrons. The Morgan fingerprint density at radius 1 is 1.42 bits per heavy atom. The Labute approximate surface area is 77.5 Å². The second-order valence-electron chi connectivity index (χ2n) is 3.68. The van der Waals surface area contributed by atoms with E-state index in [1.54, 1.807) is 0 Å². The second-order valence-corrected chi connectivity index (χ2v) is 3.68. The van der Waals surface area contributed by atoms with E-state index in [1.807, 2.05) is 0 Å². The predicted molar refractivity (Wildman–Crippen MR) is 56.1 cm³/mol. The molecule has 1 heteroatoms. The molecule has 0 fully saturated rings. The van der Waals surface area contributed by atoms with Crippen molar-refractivity contribution in [3.8, 4) is 0 Å². The van der Waals surface area contributed by atoms with Gasteiger partial charge in [0.25, 0.3) is 0 Å². The molecule has 0 bridgehead atoms. The van der Waals surface area contributed by atoms with Crippen molar-refractivity contribution in [1.82, 2.24) is 4.90 Å². The average Bonchev–Trinajstić information content (AvgIpc) is 2.03. The molecule has 0 spiro atoms. The Morgan fingerprint density at radius 2 is 2.00 bits per heavy atom. The number of nitrogens with zero attached hydrogens (tertiary/aromatic N) is 1. The third kappa shape index (κ3) is 4.42. The zero-order chi connectivity index (χ0) is 9.56. The highest BCUT2D eigenvalue weighted by Gasteiger charge is 2.05. The summed E-state index contributed by atoms with van der Waals surface area (Å²) >= 11 is 0. The van der Waals surface area contributed by atoms with E-state index in [4.69, 9.17) is 0 Å². The van der Waals surface area contributed by atoms with Gasteiger partial charge in [-0.15, -0.1) is 0 Å². The first-order valence-corrected chi connectivity index (χ1v) is 5.00. The molecular formula is C11H23N. The summed E-state index contributed by atoms with van der Waals surface area (Å²) in [6.07, 6.45) is 3.75. The predicted octanol–water partition coefficient (Wildman–Crippen LogP) is 3.28. The number of rotatable bonds is 6. The van der Waals surface area contributed by atoms with E-state index in [2.05, 4.69) is 39.3 Å². The van der Waals surface area contributed by atoms with E-state index in [9.17, 15) is 0 Å². The van der Waals surface area contributed by atoms with Gasteiger partial charge in [0.2, 0.25) is 0 Å². The van der Waals surface area contributed by atoms with Crippen molar-refractivity contribution < 1.29 is 0 Å². The van der Waals surface area contributed by atoms with E-state index >= 15 is 0 Å². The minimum Gasteiger partial charge on any atom is -0.379 e. The minimum atomic E-state index is 0.788. The molecule has 0 aromatic heterocycles. The maximum atomic E-state index is 4.07. The zero-order valence-electron chi connectivity index (χ0n) is 9.06. The summed E-state index contributed by atoms with van der Waals surface area (Å²) in [4.78, 5) is 2.23. The molecule has 0 aliphatic carbocycles. The Kier molecular flexibility index (Phi) is 5.87. The fourth-order valence-electron chi connectivity index (χ4n) is 1.38. The molecule has 1 unspecified atom stereocenters. The minimum absolute atomic E-state index is 0.788. The van der Waals surface area contributed by atoms with Gasteiger partial charge < -0.3 is 4.90 Å². The summed E-state index contributed by atoms with van der Waals surface area (Å²) in [6.45, 7) is 11.8. The fourth-order valence-corrected chi connectivity index (χ4v) is 1.38. The molecule has 0 aromatic carbocycles. The van der Waals surface area contributed by atoms with Crippen molar-refractivity contribution in [3.63, 3.8) is 0 Å². The number of allylic oxidation sites excluding steroid dienone is 1. The van der Waals surface area contributed by atoms with Crippen LogP contribution in [0.2, 0.25) is 0 Å². The smallest absolute Gasteiger partial charge is 0.0143 e. The van der Waals surface area contributed by atoms with E-state index in [0.717, 1.165) is 18.9 Å². The molecular weight excluding hydrogens is 146 g/mol. The lowest BCUT2D eigenvalue weighted by Crippen LogP contribution is -2.17. The van der Waals surface area contributed by atoms with E-state index < -0.39 is 0 Å². The Morgan fingerprint density at radius 3 is 2.42 bits per heavy atom. The van der Waals surface area contributed by atoms with Crippen molar-refractivity contribution in [2.45, 2.75) is 40.0 Å². The van der Waals surface area contributed by atoms with Crippen LogP contribution in [0.4, 0.5) is 0 Å². The van der Waals surface area contributed by atoms with Gasteiger partial charge >= 0.3 is 0 Å². The van der Waals surface area contributed by atoms with E-state index in [0.29, 0.717) is 0 Å². The third-order valence-corrected chi connectivity index (χ3v) is 2.38. The molecule has 0 aliphatic heterocycles. The molecule has 0 aliphatic rings. The first-order chi connectivity index (χ1) is 5.61. The normalized spacial score (nSPS) is 12.7. The summed E-state index contributed by atoms with van der Waals surface area (Å²) in [7, 11) is 2.11. The molecule has 0 rings (SSSR count). The van der Waals surface area contributed by atoms with E-state index in [-0.39, 0.29) is 0 Å². The van der Waals surface area contributed by atoms with Gasteiger partial charge in [-0.1, -0.05) is 33.3 Å². The van der Waals surface area contributed by atoms with Crippen molar-refractivity contribution in [1.29, 1.82) is 0 Å². The Hall–Kier alpha value is -0.460. The number of hydrogen-bond acceptors (Lipinski definition) is 1. The van der Waals surface area contributed by atoms with Crippen molar-refractivity contribution in [2.75, 3.05) is 13.6 Å². The van der Waals surface area contributed by atoms with Crippen LogP contribution in [0, 0.1) is 5.92 Å². The van der Waals surface area contributed by atoms with Crippen LogP contribution in [0.15, 0.2) is 12.3 Å². The quantitative estimate of drug-likeness (QED) is 0.590. The molecule has 1 nitrogen and oxygen atoms in total. The lowest BCUT2D eigenvalue weighted by Gasteiger charge is -2.22. The maximum Gasteiger partial charge on any atom is 0.0143 e. The zero-order valence-corrected chi connectivity index (χ0v) is 9.06. The molecule has 0 saturated heterocycles. The molecule has 12 heavy (non-hydrogen) atoms. The van der Waals surface area contributed by atoms with Crippen molar-refractivity contribution in [3.05, 3.63) is 12.3 Å². The molecule has 0 aromatic rings. The van der Waals surface area contributed by atoms with Gasteiger partial charge in [0.05, 0.1) is 0 Å². The highest BCUT2D eigenvalue weighted by atomic mass is 15.1. The summed E-state index contributed by atoms with van der Waals surface area (Å²) in [5.41, 5.74) is 1.28. The van der Waals surface area contributed by atoms with Crippen LogP contribution >= 0.6 is 0 Å². The lowest BCUT2D eigenvalue weighted by atomic mass is 10.0. The van der Waals surface area contributed by atoms with Gasteiger partial charge in [-0.25, -0.2) is 0 Å². The van der Waals surface area contributed by atoms with E-state index in [1.165, 1.54) is 18.5 Å². The summed E-state index contributed by atoms with van der Waals surface area (Å²) in [5.74, 6) is 0.788. The van der Waals surface area contributed by atoms with Crippen molar-refractivity contribution in [2.24, 2.45) is 5.92 Å². The summed E-state index contributed by atoms with van der Waals surface area (Å²) in [6, 6.07) is 0. The maximum absolute atomic E-state index is 4.07. The summed E-state index contributed by atoms with van der Waals surface area (Å²) in [5, 5.41) is 0. The first-order valence-electron chi connectivity index (χ1n) is 5.00. The van der Waals surface area contributed by atoms with Crippen molar-refractivity contribution >= 4 is 0 Å². The summed E-state index contributed by atoms with van der Waals surface area (Å²) < 4.78 is 0. The second kappa shape index (κ2) is 6.10. The SMILES string of the molecule is C=C(CC(C)CCC)N(C)CC. The topological polar surface area (TPSA) is 3.24 Å². The molecule has 72 valence electrons. The Balaban J connectivity index is 3.67. The average molecular weight is 169 g/mol. The molecule has 1 atom stereocenters. The van der Waals surface area contributed by atoms with Gasteiger partial charge in [0.1, 0.15) is 0 Å². The van der Waals surface area contributed by atoms with Gasteiger partial charge in [0, 0.05) is 19.3 Å². The number of hydrogen-bond donors (Lipinski definition) is 0. The largest absolute Gasteiger partial charge is 0.379 e. The highest BCUT2D eigenvalue weighted by Crippen LogP contribution is 2.16. The lowest BCUT2D eigenvalue weighted by molar-refractivity contribution is 0.387. The van der Waals surface area contributed by atoms with Crippen LogP contribution in [0.5, 0.6) is 0 Å². The van der Waals surface area contributed by atoms with Crippen LogP contribution in [-0.2, 0) is 0 Å². The molecule has 0 heterocycles. The Bertz CT molecular complexity index is 129. The fraction of sp³-hybridized carbons (Fsp3) is 0.818.